The van der Waals surface area contributed by atoms with Crippen LogP contribution in [0.2, 0.25) is 0 Å². The van der Waals surface area contributed by atoms with E-state index in [0.29, 0.717) is 62.0 Å². The minimum Gasteiger partial charge on any atom is -0.385 e. The zero-order chi connectivity index (χ0) is 26.6. The average Bonchev–Trinajstić information content (AvgIpc) is 3.39. The van der Waals surface area contributed by atoms with E-state index in [1.165, 1.54) is 0 Å². The number of benzene rings is 2. The summed E-state index contributed by atoms with van der Waals surface area (Å²) in [7, 11) is 0. The Balaban J connectivity index is 1.49. The smallest absolute Gasteiger partial charge is 0.385 e. The molecule has 2 aliphatic rings. The normalized spacial score (nSPS) is 22.4. The molecule has 2 aromatic carbocycles. The fraction of sp³-hybridized carbons (Fsp3) is 0.481. The Morgan fingerprint density at radius 1 is 1.16 bits per heavy atom. The Kier molecular flexibility index (Phi) is 8.05. The molecule has 2 amide bonds. The van der Waals surface area contributed by atoms with Crippen LogP contribution < -0.4 is 5.32 Å². The molecule has 2 fully saturated rings. The lowest BCUT2D eigenvalue weighted by atomic mass is 9.77. The quantitative estimate of drug-likeness (QED) is 0.497. The predicted octanol–water partition coefficient (Wildman–Crippen LogP) is 5.48. The highest BCUT2D eigenvalue weighted by atomic mass is 19.4. The van der Waals surface area contributed by atoms with Gasteiger partial charge in [0.25, 0.3) is 0 Å². The van der Waals surface area contributed by atoms with Crippen LogP contribution in [-0.2, 0) is 11.8 Å². The SMILES string of the molecule is N#Cc1cccc([C@]2(O)CC[C@H](N(CCN3CCCC3)C(=O)Nc3ccc(F)c(C(F)(F)F)c3)CC2)c1. The molecule has 0 bridgehead atoms. The van der Waals surface area contributed by atoms with Crippen LogP contribution in [0.1, 0.15) is 55.2 Å². The minimum atomic E-state index is -4.88. The number of carbonyl (C=O) groups is 1. The van der Waals surface area contributed by atoms with Crippen molar-refractivity contribution in [3.63, 3.8) is 0 Å². The molecule has 1 aliphatic carbocycles. The molecule has 1 saturated carbocycles. The van der Waals surface area contributed by atoms with Crippen molar-refractivity contribution in [2.75, 3.05) is 31.5 Å². The van der Waals surface area contributed by atoms with Crippen molar-refractivity contribution in [1.29, 1.82) is 5.26 Å². The Labute approximate surface area is 213 Å². The number of hydrogen-bond acceptors (Lipinski definition) is 4. The third-order valence-electron chi connectivity index (χ3n) is 7.39. The molecule has 1 heterocycles. The number of urea groups is 1. The Morgan fingerprint density at radius 3 is 2.51 bits per heavy atom. The Hall–Kier alpha value is -3.16. The predicted molar refractivity (Wildman–Crippen MR) is 130 cm³/mol. The van der Waals surface area contributed by atoms with Gasteiger partial charge in [-0.05, 0) is 87.5 Å². The van der Waals surface area contributed by atoms with Gasteiger partial charge in [0.15, 0.2) is 0 Å². The number of anilines is 1. The van der Waals surface area contributed by atoms with Gasteiger partial charge in [0.05, 0.1) is 22.8 Å². The van der Waals surface area contributed by atoms with Gasteiger partial charge >= 0.3 is 12.2 Å². The molecule has 37 heavy (non-hydrogen) atoms. The topological polar surface area (TPSA) is 79.6 Å². The fourth-order valence-corrected chi connectivity index (χ4v) is 5.28. The standard InChI is InChI=1S/C27H30F4N4O2/c28-24-7-6-21(17-23(24)27(29,30)31)33-25(36)35(15-14-34-12-1-2-13-34)22-8-10-26(37,11-9-22)20-5-3-4-19(16-20)18-32/h3-7,16-17,22,37H,1-2,8-15H2,(H,33,36)/t22-,26-. The molecule has 10 heteroatoms. The van der Waals surface area contributed by atoms with Crippen LogP contribution in [0.15, 0.2) is 42.5 Å². The number of rotatable bonds is 6. The van der Waals surface area contributed by atoms with Crippen molar-refractivity contribution < 1.29 is 27.5 Å². The van der Waals surface area contributed by atoms with Crippen LogP contribution in [-0.4, -0.2) is 53.2 Å². The van der Waals surface area contributed by atoms with Crippen LogP contribution in [0.5, 0.6) is 0 Å². The molecule has 0 aromatic heterocycles. The van der Waals surface area contributed by atoms with Crippen LogP contribution in [0.25, 0.3) is 0 Å². The molecule has 0 atom stereocenters. The summed E-state index contributed by atoms with van der Waals surface area (Å²) in [5, 5.41) is 23.0. The van der Waals surface area contributed by atoms with Gasteiger partial charge in [-0.15, -0.1) is 0 Å². The van der Waals surface area contributed by atoms with E-state index >= 15 is 0 Å². The second kappa shape index (κ2) is 11.1. The molecule has 1 aliphatic heterocycles. The molecule has 0 unspecified atom stereocenters. The first kappa shape index (κ1) is 26.9. The summed E-state index contributed by atoms with van der Waals surface area (Å²) in [6.07, 6.45) is -1.00. The van der Waals surface area contributed by atoms with Gasteiger partial charge in [0, 0.05) is 24.8 Å². The molecule has 4 rings (SSSR count). The van der Waals surface area contributed by atoms with Crippen molar-refractivity contribution >= 4 is 11.7 Å². The van der Waals surface area contributed by atoms with Gasteiger partial charge in [0.1, 0.15) is 5.82 Å². The second-order valence-corrected chi connectivity index (χ2v) is 9.82. The summed E-state index contributed by atoms with van der Waals surface area (Å²) >= 11 is 0. The molecule has 0 radical (unpaired) electrons. The highest BCUT2D eigenvalue weighted by Gasteiger charge is 2.39. The maximum Gasteiger partial charge on any atom is 0.419 e. The first-order valence-electron chi connectivity index (χ1n) is 12.5. The number of carbonyl (C=O) groups excluding carboxylic acids is 1. The van der Waals surface area contributed by atoms with E-state index in [1.54, 1.807) is 29.2 Å². The van der Waals surface area contributed by atoms with Gasteiger partial charge < -0.3 is 20.2 Å². The number of hydrogen-bond donors (Lipinski definition) is 2. The van der Waals surface area contributed by atoms with E-state index < -0.39 is 29.2 Å². The van der Waals surface area contributed by atoms with Crippen molar-refractivity contribution in [2.24, 2.45) is 0 Å². The monoisotopic (exact) mass is 518 g/mol. The summed E-state index contributed by atoms with van der Waals surface area (Å²) in [5.41, 5.74) is -1.58. The number of likely N-dealkylation sites (tertiary alicyclic amines) is 1. The van der Waals surface area contributed by atoms with Crippen LogP contribution in [0.3, 0.4) is 0 Å². The number of nitrogens with zero attached hydrogens (tertiary/aromatic N) is 3. The molecule has 1 saturated heterocycles. The van der Waals surface area contributed by atoms with E-state index in [2.05, 4.69) is 16.3 Å². The third kappa shape index (κ3) is 6.40. The number of aliphatic hydroxyl groups is 1. The Morgan fingerprint density at radius 2 is 1.86 bits per heavy atom. The van der Waals surface area contributed by atoms with Gasteiger partial charge in [-0.3, -0.25) is 0 Å². The fourth-order valence-electron chi connectivity index (χ4n) is 5.28. The number of nitriles is 1. The summed E-state index contributed by atoms with van der Waals surface area (Å²) in [6, 6.07) is 10.6. The lowest BCUT2D eigenvalue weighted by Crippen LogP contribution is -2.49. The first-order valence-corrected chi connectivity index (χ1v) is 12.5. The molecular formula is C27H30F4N4O2. The van der Waals surface area contributed by atoms with Crippen molar-refractivity contribution in [1.82, 2.24) is 9.80 Å². The minimum absolute atomic E-state index is 0.134. The molecule has 6 nitrogen and oxygen atoms in total. The van der Waals surface area contributed by atoms with Crippen LogP contribution in [0, 0.1) is 17.1 Å². The van der Waals surface area contributed by atoms with Crippen molar-refractivity contribution in [3.05, 3.63) is 65.0 Å². The number of halogens is 4. The second-order valence-electron chi connectivity index (χ2n) is 9.82. The van der Waals surface area contributed by atoms with Gasteiger partial charge in [-0.2, -0.15) is 18.4 Å². The largest absolute Gasteiger partial charge is 0.419 e. The summed E-state index contributed by atoms with van der Waals surface area (Å²) < 4.78 is 53.2. The first-order chi connectivity index (χ1) is 17.6. The number of alkyl halides is 3. The van der Waals surface area contributed by atoms with E-state index in [-0.39, 0.29) is 11.7 Å². The zero-order valence-corrected chi connectivity index (χ0v) is 20.4. The van der Waals surface area contributed by atoms with E-state index in [0.717, 1.165) is 32.0 Å². The zero-order valence-electron chi connectivity index (χ0n) is 20.4. The Bertz CT molecular complexity index is 1150. The molecule has 2 N–H and O–H groups in total. The summed E-state index contributed by atoms with van der Waals surface area (Å²) in [5.74, 6) is -1.40. The maximum atomic E-state index is 13.7. The summed E-state index contributed by atoms with van der Waals surface area (Å²) in [6.45, 7) is 2.88. The van der Waals surface area contributed by atoms with Crippen LogP contribution >= 0.6 is 0 Å². The van der Waals surface area contributed by atoms with Gasteiger partial charge in [-0.1, -0.05) is 12.1 Å². The molecule has 198 valence electrons. The molecule has 2 aromatic rings. The highest BCUT2D eigenvalue weighted by molar-refractivity contribution is 5.89. The number of amides is 2. The lowest BCUT2D eigenvalue weighted by Gasteiger charge is -2.41. The van der Waals surface area contributed by atoms with E-state index in [9.17, 15) is 32.7 Å². The lowest BCUT2D eigenvalue weighted by molar-refractivity contribution is -0.139. The van der Waals surface area contributed by atoms with Crippen LogP contribution in [0.4, 0.5) is 28.0 Å². The van der Waals surface area contributed by atoms with Crippen molar-refractivity contribution in [3.8, 4) is 6.07 Å². The van der Waals surface area contributed by atoms with Gasteiger partial charge in [-0.25, -0.2) is 9.18 Å². The van der Waals surface area contributed by atoms with Crippen molar-refractivity contribution in [2.45, 2.75) is 56.3 Å². The molecule has 0 spiro atoms. The molecular weight excluding hydrogens is 488 g/mol. The highest BCUT2D eigenvalue weighted by Crippen LogP contribution is 2.39. The summed E-state index contributed by atoms with van der Waals surface area (Å²) in [4.78, 5) is 17.2. The maximum absolute atomic E-state index is 13.7. The van der Waals surface area contributed by atoms with E-state index in [1.807, 2.05) is 0 Å². The number of nitrogens with one attached hydrogen (secondary N) is 1. The van der Waals surface area contributed by atoms with Gasteiger partial charge in [0.2, 0.25) is 0 Å². The van der Waals surface area contributed by atoms with E-state index in [4.69, 9.17) is 0 Å². The third-order valence-corrected chi connectivity index (χ3v) is 7.39. The average molecular weight is 519 g/mol.